The van der Waals surface area contributed by atoms with Gasteiger partial charge < -0.3 is 24.4 Å². The van der Waals surface area contributed by atoms with Crippen LogP contribution in [0.5, 0.6) is 17.2 Å². The van der Waals surface area contributed by atoms with E-state index in [1.165, 1.54) is 19.3 Å². The lowest BCUT2D eigenvalue weighted by atomic mass is 10.1. The number of ether oxygens (including phenoxy) is 3. The van der Waals surface area contributed by atoms with Gasteiger partial charge in [0.1, 0.15) is 12.5 Å². The van der Waals surface area contributed by atoms with Gasteiger partial charge in [0.15, 0.2) is 11.5 Å². The fourth-order valence-electron chi connectivity index (χ4n) is 2.22. The number of carbonyl (C=O) groups is 2. The molecule has 8 heteroatoms. The second-order valence-electron chi connectivity index (χ2n) is 5.08. The number of hydrogen-bond acceptors (Lipinski definition) is 6. The van der Waals surface area contributed by atoms with E-state index >= 15 is 0 Å². The van der Waals surface area contributed by atoms with Crippen LogP contribution in [-0.2, 0) is 9.59 Å². The molecule has 23 heavy (non-hydrogen) atoms. The molecule has 0 atom stereocenters. The minimum atomic E-state index is -1.82. The van der Waals surface area contributed by atoms with E-state index in [-0.39, 0.29) is 0 Å². The molecular formula is C15H19NO7. The van der Waals surface area contributed by atoms with Gasteiger partial charge in [-0.2, -0.15) is 0 Å². The van der Waals surface area contributed by atoms with Crippen LogP contribution in [0.4, 0.5) is 0 Å². The highest BCUT2D eigenvalue weighted by Gasteiger charge is 2.15. The van der Waals surface area contributed by atoms with Gasteiger partial charge in [-0.25, -0.2) is 9.59 Å². The van der Waals surface area contributed by atoms with Gasteiger partial charge in [0.05, 0.1) is 0 Å². The Morgan fingerprint density at radius 1 is 1.04 bits per heavy atom. The summed E-state index contributed by atoms with van der Waals surface area (Å²) in [5.74, 6) is -1.22. The van der Waals surface area contributed by atoms with Crippen molar-refractivity contribution in [2.75, 3.05) is 26.6 Å². The average molecular weight is 325 g/mol. The number of rotatable bonds is 3. The highest BCUT2D eigenvalue weighted by atomic mass is 16.7. The summed E-state index contributed by atoms with van der Waals surface area (Å²) in [6.45, 7) is 3.26. The van der Waals surface area contributed by atoms with E-state index in [9.17, 15) is 0 Å². The Morgan fingerprint density at radius 2 is 1.70 bits per heavy atom. The van der Waals surface area contributed by atoms with Crippen molar-refractivity contribution in [3.05, 3.63) is 18.2 Å². The first-order valence-corrected chi connectivity index (χ1v) is 7.27. The number of aliphatic carboxylic acids is 2. The lowest BCUT2D eigenvalue weighted by molar-refractivity contribution is -0.159. The highest BCUT2D eigenvalue weighted by Crippen LogP contribution is 2.35. The molecule has 1 fully saturated rings. The zero-order valence-electron chi connectivity index (χ0n) is 12.6. The van der Waals surface area contributed by atoms with Crippen molar-refractivity contribution in [2.45, 2.75) is 19.3 Å². The third kappa shape index (κ3) is 5.33. The van der Waals surface area contributed by atoms with Crippen LogP contribution in [0.2, 0.25) is 0 Å². The number of carboxylic acids is 2. The molecule has 2 aliphatic heterocycles. The average Bonchev–Trinajstić information content (AvgIpc) is 3.02. The van der Waals surface area contributed by atoms with E-state index in [0.717, 1.165) is 30.3 Å². The summed E-state index contributed by atoms with van der Waals surface area (Å²) in [7, 11) is 0. The van der Waals surface area contributed by atoms with Gasteiger partial charge >= 0.3 is 11.9 Å². The van der Waals surface area contributed by atoms with Crippen molar-refractivity contribution in [3.8, 4) is 17.2 Å². The maximum atomic E-state index is 9.10. The summed E-state index contributed by atoms with van der Waals surface area (Å²) < 4.78 is 16.3. The molecule has 1 saturated heterocycles. The van der Waals surface area contributed by atoms with E-state index in [1.807, 2.05) is 18.2 Å². The zero-order chi connectivity index (χ0) is 16.7. The molecule has 0 aliphatic carbocycles. The smallest absolute Gasteiger partial charge is 0.414 e. The molecule has 2 N–H and O–H groups in total. The molecule has 126 valence electrons. The van der Waals surface area contributed by atoms with E-state index in [4.69, 9.17) is 34.0 Å². The second kappa shape index (κ2) is 8.23. The Bertz CT molecular complexity index is 543. The first-order valence-electron chi connectivity index (χ1n) is 7.27. The van der Waals surface area contributed by atoms with Crippen molar-refractivity contribution in [1.29, 1.82) is 0 Å². The van der Waals surface area contributed by atoms with Crippen LogP contribution in [0.25, 0.3) is 0 Å². The molecular weight excluding hydrogens is 306 g/mol. The van der Waals surface area contributed by atoms with Gasteiger partial charge in [0.25, 0.3) is 0 Å². The molecule has 0 spiro atoms. The molecule has 0 unspecified atom stereocenters. The molecule has 1 aromatic rings. The first-order chi connectivity index (χ1) is 11.1. The van der Waals surface area contributed by atoms with Crippen LogP contribution in [0.15, 0.2) is 18.2 Å². The van der Waals surface area contributed by atoms with E-state index in [1.54, 1.807) is 0 Å². The van der Waals surface area contributed by atoms with E-state index < -0.39 is 11.9 Å². The summed E-state index contributed by atoms with van der Waals surface area (Å²) in [6, 6.07) is 5.72. The third-order valence-corrected chi connectivity index (χ3v) is 3.39. The minimum Gasteiger partial charge on any atom is -0.478 e. The van der Waals surface area contributed by atoms with Crippen molar-refractivity contribution in [3.63, 3.8) is 0 Å². The maximum absolute atomic E-state index is 9.10. The van der Waals surface area contributed by atoms with Crippen LogP contribution in [0.3, 0.4) is 0 Å². The topological polar surface area (TPSA) is 106 Å². The number of benzene rings is 1. The summed E-state index contributed by atoms with van der Waals surface area (Å²) >= 11 is 0. The Balaban J connectivity index is 0.000000277. The van der Waals surface area contributed by atoms with Gasteiger partial charge in [-0.1, -0.05) is 6.42 Å². The Hall–Kier alpha value is -2.48. The standard InChI is InChI=1S/C13H17NO3.C2H2O4/c1-2-6-14(7-3-1)9-15-11-4-5-12-13(8-11)17-10-16-12;3-1(4)2(5)6/h4-5,8H,1-3,6-7,9-10H2;(H,3,4)(H,5,6). The summed E-state index contributed by atoms with van der Waals surface area (Å²) in [5.41, 5.74) is 0. The third-order valence-electron chi connectivity index (χ3n) is 3.39. The normalized spacial score (nSPS) is 16.2. The van der Waals surface area contributed by atoms with Crippen molar-refractivity contribution >= 4 is 11.9 Å². The number of piperidine rings is 1. The summed E-state index contributed by atoms with van der Waals surface area (Å²) in [5, 5.41) is 14.8. The molecule has 8 nitrogen and oxygen atoms in total. The summed E-state index contributed by atoms with van der Waals surface area (Å²) in [4.78, 5) is 20.5. The number of nitrogens with zero attached hydrogens (tertiary/aromatic N) is 1. The molecule has 2 aliphatic rings. The number of carboxylic acid groups (broad SMARTS) is 2. The molecule has 3 rings (SSSR count). The van der Waals surface area contributed by atoms with Crippen LogP contribution < -0.4 is 14.2 Å². The van der Waals surface area contributed by atoms with Gasteiger partial charge in [-0.3, -0.25) is 4.90 Å². The molecule has 0 saturated carbocycles. The zero-order valence-corrected chi connectivity index (χ0v) is 12.6. The summed E-state index contributed by atoms with van der Waals surface area (Å²) in [6.07, 6.45) is 3.91. The Labute approximate surface area is 133 Å². The predicted molar refractivity (Wildman–Crippen MR) is 78.8 cm³/mol. The minimum absolute atomic E-state index is 0.310. The second-order valence-corrected chi connectivity index (χ2v) is 5.08. The number of fused-ring (bicyclic) bond motifs is 1. The Kier molecular flexibility index (Phi) is 6.04. The number of hydrogen-bond donors (Lipinski definition) is 2. The monoisotopic (exact) mass is 325 g/mol. The SMILES string of the molecule is O=C(O)C(=O)O.c1cc2c(cc1OCN1CCCCC1)OCO2. The van der Waals surface area contributed by atoms with Crippen LogP contribution >= 0.6 is 0 Å². The largest absolute Gasteiger partial charge is 0.478 e. The molecule has 2 heterocycles. The molecule has 0 bridgehead atoms. The lowest BCUT2D eigenvalue weighted by Crippen LogP contribution is -2.33. The van der Waals surface area contributed by atoms with Crippen molar-refractivity contribution < 1.29 is 34.0 Å². The molecule has 0 radical (unpaired) electrons. The van der Waals surface area contributed by atoms with Crippen LogP contribution in [0, 0.1) is 0 Å². The van der Waals surface area contributed by atoms with Crippen molar-refractivity contribution in [1.82, 2.24) is 4.90 Å². The van der Waals surface area contributed by atoms with Gasteiger partial charge in [0, 0.05) is 19.2 Å². The van der Waals surface area contributed by atoms with E-state index in [0.29, 0.717) is 13.5 Å². The van der Waals surface area contributed by atoms with Gasteiger partial charge in [0.2, 0.25) is 6.79 Å². The van der Waals surface area contributed by atoms with Gasteiger partial charge in [-0.15, -0.1) is 0 Å². The lowest BCUT2D eigenvalue weighted by Gasteiger charge is -2.26. The molecule has 0 aromatic heterocycles. The predicted octanol–water partition coefficient (Wildman–Crippen LogP) is 1.39. The quantitative estimate of drug-likeness (QED) is 0.803. The molecule has 0 amide bonds. The fourth-order valence-corrected chi connectivity index (χ4v) is 2.22. The van der Waals surface area contributed by atoms with Crippen LogP contribution in [-0.4, -0.2) is 53.7 Å². The number of likely N-dealkylation sites (tertiary alicyclic amines) is 1. The van der Waals surface area contributed by atoms with E-state index in [2.05, 4.69) is 4.90 Å². The van der Waals surface area contributed by atoms with Gasteiger partial charge in [-0.05, 0) is 25.0 Å². The highest BCUT2D eigenvalue weighted by molar-refractivity contribution is 6.27. The molecule has 1 aromatic carbocycles. The fraction of sp³-hybridized carbons (Fsp3) is 0.467. The first kappa shape index (κ1) is 16.9. The Morgan fingerprint density at radius 3 is 2.35 bits per heavy atom. The van der Waals surface area contributed by atoms with Crippen molar-refractivity contribution in [2.24, 2.45) is 0 Å². The van der Waals surface area contributed by atoms with Crippen LogP contribution in [0.1, 0.15) is 19.3 Å². The maximum Gasteiger partial charge on any atom is 0.414 e.